The number of hydrazine groups is 1. The molecule has 2 aliphatic carbocycles. The molecule has 2 bridgehead atoms. The van der Waals surface area contributed by atoms with Crippen molar-refractivity contribution < 1.29 is 19.5 Å². The third kappa shape index (κ3) is 3.29. The number of carboxylic acid groups (broad SMARTS) is 1. The molecule has 3 rings (SSSR count). The summed E-state index contributed by atoms with van der Waals surface area (Å²) in [4.78, 5) is 38.2. The van der Waals surface area contributed by atoms with Gasteiger partial charge in [0.15, 0.2) is 0 Å². The van der Waals surface area contributed by atoms with Crippen LogP contribution in [0.5, 0.6) is 0 Å². The molecule has 0 aromatic carbocycles. The molecular formula is C20H26N2O4S. The molecule has 3 N–H and O–H groups in total. The molecule has 7 heteroatoms. The number of rotatable bonds is 4. The number of aryl methyl sites for hydroxylation is 1. The Morgan fingerprint density at radius 3 is 2.33 bits per heavy atom. The number of amides is 2. The average Bonchev–Trinajstić information content (AvgIpc) is 3.29. The maximum absolute atomic E-state index is 12.8. The van der Waals surface area contributed by atoms with Crippen LogP contribution in [-0.4, -0.2) is 22.9 Å². The van der Waals surface area contributed by atoms with Crippen LogP contribution >= 0.6 is 11.3 Å². The number of carbonyl (C=O) groups excluding carboxylic acids is 2. The number of thiophene rings is 1. The zero-order valence-electron chi connectivity index (χ0n) is 16.1. The molecule has 146 valence electrons. The van der Waals surface area contributed by atoms with Gasteiger partial charge in [-0.15, -0.1) is 11.3 Å². The van der Waals surface area contributed by atoms with Gasteiger partial charge in [-0.1, -0.05) is 18.1 Å². The Kier molecular flexibility index (Phi) is 5.42. The zero-order chi connectivity index (χ0) is 19.9. The molecule has 0 spiro atoms. The number of carboxylic acids is 1. The van der Waals surface area contributed by atoms with Crippen molar-refractivity contribution in [2.24, 2.45) is 23.7 Å². The molecule has 1 aromatic rings. The van der Waals surface area contributed by atoms with Gasteiger partial charge >= 0.3 is 5.97 Å². The Morgan fingerprint density at radius 2 is 1.78 bits per heavy atom. The van der Waals surface area contributed by atoms with Gasteiger partial charge in [0, 0.05) is 10.3 Å². The summed E-state index contributed by atoms with van der Waals surface area (Å²) in [6.07, 6.45) is 2.38. The van der Waals surface area contributed by atoms with E-state index in [9.17, 15) is 19.5 Å². The highest BCUT2D eigenvalue weighted by Crippen LogP contribution is 2.57. The average molecular weight is 391 g/mol. The molecule has 6 nitrogen and oxygen atoms in total. The van der Waals surface area contributed by atoms with Gasteiger partial charge in [0.05, 0.1) is 17.4 Å². The van der Waals surface area contributed by atoms with Gasteiger partial charge in [-0.05, 0) is 57.4 Å². The minimum atomic E-state index is -0.936. The van der Waals surface area contributed by atoms with E-state index in [1.807, 2.05) is 27.7 Å². The molecule has 2 aliphatic rings. The fraction of sp³-hybridized carbons (Fsp3) is 0.550. The van der Waals surface area contributed by atoms with Crippen molar-refractivity contribution in [2.75, 3.05) is 0 Å². The van der Waals surface area contributed by atoms with Crippen molar-refractivity contribution >= 4 is 29.1 Å². The molecule has 2 amide bonds. The van der Waals surface area contributed by atoms with Gasteiger partial charge in [0.1, 0.15) is 0 Å². The van der Waals surface area contributed by atoms with E-state index in [2.05, 4.69) is 10.9 Å². The van der Waals surface area contributed by atoms with Crippen LogP contribution < -0.4 is 10.9 Å². The summed E-state index contributed by atoms with van der Waals surface area (Å²) in [5.41, 5.74) is 8.74. The Bertz CT molecular complexity index is 822. The van der Waals surface area contributed by atoms with E-state index in [1.54, 1.807) is 5.38 Å². The summed E-state index contributed by atoms with van der Waals surface area (Å²) < 4.78 is 0. The smallest absolute Gasteiger partial charge is 0.307 e. The first-order valence-electron chi connectivity index (χ1n) is 9.35. The van der Waals surface area contributed by atoms with Gasteiger partial charge in [-0.25, -0.2) is 0 Å². The molecule has 0 radical (unpaired) electrons. The van der Waals surface area contributed by atoms with E-state index in [0.29, 0.717) is 5.56 Å². The number of allylic oxidation sites excluding steroid dienone is 2. The fourth-order valence-electron chi connectivity index (χ4n) is 4.98. The molecule has 1 aromatic heterocycles. The highest BCUT2D eigenvalue weighted by Gasteiger charge is 2.57. The van der Waals surface area contributed by atoms with Crippen LogP contribution in [-0.2, 0) is 16.0 Å². The van der Waals surface area contributed by atoms with Crippen LogP contribution in [0.4, 0.5) is 0 Å². The normalized spacial score (nSPS) is 26.1. The van der Waals surface area contributed by atoms with Gasteiger partial charge in [0.25, 0.3) is 5.91 Å². The molecule has 2 fully saturated rings. The van der Waals surface area contributed by atoms with Crippen LogP contribution in [0.25, 0.3) is 0 Å². The van der Waals surface area contributed by atoms with Crippen molar-refractivity contribution in [3.05, 3.63) is 32.5 Å². The lowest BCUT2D eigenvalue weighted by atomic mass is 9.79. The first-order chi connectivity index (χ1) is 12.8. The highest BCUT2D eigenvalue weighted by molar-refractivity contribution is 7.10. The van der Waals surface area contributed by atoms with Crippen molar-refractivity contribution in [3.8, 4) is 0 Å². The Labute approximate surface area is 163 Å². The molecule has 27 heavy (non-hydrogen) atoms. The quantitative estimate of drug-likeness (QED) is 0.544. The van der Waals surface area contributed by atoms with E-state index in [0.717, 1.165) is 40.8 Å². The maximum atomic E-state index is 12.8. The maximum Gasteiger partial charge on any atom is 0.307 e. The molecule has 0 aliphatic heterocycles. The predicted octanol–water partition coefficient (Wildman–Crippen LogP) is 3.07. The summed E-state index contributed by atoms with van der Waals surface area (Å²) in [5, 5.41) is 11.5. The lowest BCUT2D eigenvalue weighted by molar-refractivity contribution is -0.149. The first-order valence-corrected chi connectivity index (χ1v) is 10.2. The minimum absolute atomic E-state index is 0.0485. The third-order valence-corrected chi connectivity index (χ3v) is 6.96. The van der Waals surface area contributed by atoms with Crippen molar-refractivity contribution in [3.63, 3.8) is 0 Å². The van der Waals surface area contributed by atoms with E-state index in [-0.39, 0.29) is 17.7 Å². The lowest BCUT2D eigenvalue weighted by Gasteiger charge is -2.26. The number of hydrogen-bond donors (Lipinski definition) is 3. The number of hydrogen-bond acceptors (Lipinski definition) is 4. The topological polar surface area (TPSA) is 95.5 Å². The molecular weight excluding hydrogens is 364 g/mol. The monoisotopic (exact) mass is 390 g/mol. The van der Waals surface area contributed by atoms with E-state index < -0.39 is 23.7 Å². The summed E-state index contributed by atoms with van der Waals surface area (Å²) in [6.45, 7) is 7.91. The van der Waals surface area contributed by atoms with Crippen LogP contribution in [0, 0.1) is 30.6 Å². The van der Waals surface area contributed by atoms with E-state index in [1.165, 1.54) is 11.3 Å². The largest absolute Gasteiger partial charge is 0.481 e. The fourth-order valence-corrected chi connectivity index (χ4v) is 5.92. The molecule has 1 heterocycles. The van der Waals surface area contributed by atoms with Gasteiger partial charge in [-0.3, -0.25) is 25.2 Å². The predicted molar refractivity (Wildman–Crippen MR) is 103 cm³/mol. The van der Waals surface area contributed by atoms with Crippen LogP contribution in [0.3, 0.4) is 0 Å². The van der Waals surface area contributed by atoms with Crippen LogP contribution in [0.2, 0.25) is 0 Å². The van der Waals surface area contributed by atoms with Crippen LogP contribution in [0.15, 0.2) is 16.5 Å². The number of fused-ring (bicyclic) bond motifs is 2. The zero-order valence-corrected chi connectivity index (χ0v) is 16.9. The third-order valence-electron chi connectivity index (χ3n) is 6.01. The van der Waals surface area contributed by atoms with Crippen molar-refractivity contribution in [1.82, 2.24) is 10.9 Å². The Balaban J connectivity index is 1.75. The molecule has 2 saturated carbocycles. The highest BCUT2D eigenvalue weighted by atomic mass is 32.1. The van der Waals surface area contributed by atoms with E-state index in [4.69, 9.17) is 0 Å². The van der Waals surface area contributed by atoms with Crippen molar-refractivity contribution in [1.29, 1.82) is 0 Å². The summed E-state index contributed by atoms with van der Waals surface area (Å²) >= 11 is 1.50. The number of aliphatic carboxylic acids is 1. The second-order valence-electron chi connectivity index (χ2n) is 7.62. The molecule has 4 atom stereocenters. The van der Waals surface area contributed by atoms with E-state index >= 15 is 0 Å². The van der Waals surface area contributed by atoms with Crippen LogP contribution in [0.1, 0.15) is 54.4 Å². The Morgan fingerprint density at radius 1 is 1.15 bits per heavy atom. The summed E-state index contributed by atoms with van der Waals surface area (Å²) in [5.74, 6) is -3.19. The second-order valence-corrected chi connectivity index (χ2v) is 8.70. The van der Waals surface area contributed by atoms with Crippen molar-refractivity contribution in [2.45, 2.75) is 47.0 Å². The van der Waals surface area contributed by atoms with Gasteiger partial charge in [-0.2, -0.15) is 0 Å². The minimum Gasteiger partial charge on any atom is -0.481 e. The lowest BCUT2D eigenvalue weighted by Crippen LogP contribution is -2.48. The van der Waals surface area contributed by atoms with Gasteiger partial charge in [0.2, 0.25) is 5.91 Å². The SMILES string of the molecule is CCc1c(C(=O)NNC(=O)C2C3CCC(C3=C(C)C)C2C(=O)O)csc1C. The summed E-state index contributed by atoms with van der Waals surface area (Å²) in [7, 11) is 0. The molecule has 0 saturated heterocycles. The number of carbonyl (C=O) groups is 3. The van der Waals surface area contributed by atoms with Gasteiger partial charge < -0.3 is 5.11 Å². The summed E-state index contributed by atoms with van der Waals surface area (Å²) in [6, 6.07) is 0. The standard InChI is InChI=1S/C20H26N2O4S/c1-5-11-10(4)27-8-14(11)18(23)21-22-19(24)16-12-6-7-13(15(12)9(2)3)17(16)20(25)26/h8,12-13,16-17H,5-7H2,1-4H3,(H,21,23)(H,22,24)(H,25,26). The number of nitrogens with one attached hydrogen (secondary N) is 2. The molecule has 4 unspecified atom stereocenters. The second kappa shape index (κ2) is 7.46. The Hall–Kier alpha value is -2.15. The first kappa shape index (κ1) is 19.6.